The van der Waals surface area contributed by atoms with Gasteiger partial charge >= 0.3 is 0 Å². The summed E-state index contributed by atoms with van der Waals surface area (Å²) in [6.07, 6.45) is 8.57. The monoisotopic (exact) mass is 333 g/mol. The van der Waals surface area contributed by atoms with Crippen LogP contribution in [0, 0.1) is 18.8 Å². The minimum atomic E-state index is 0.352. The number of aryl methyl sites for hydroxylation is 1. The number of thiazole rings is 1. The minimum absolute atomic E-state index is 0.352. The molecule has 0 bridgehead atoms. The van der Waals surface area contributed by atoms with E-state index in [-0.39, 0.29) is 0 Å². The highest BCUT2D eigenvalue weighted by Gasteiger charge is 2.28. The number of allylic oxidation sites excluding steroid dienone is 2. The van der Waals surface area contributed by atoms with Crippen LogP contribution in [0.15, 0.2) is 17.7 Å². The van der Waals surface area contributed by atoms with Crippen LogP contribution in [0.3, 0.4) is 0 Å². The molecule has 1 aliphatic heterocycles. The van der Waals surface area contributed by atoms with Crippen LogP contribution in [0.4, 0.5) is 0 Å². The summed E-state index contributed by atoms with van der Waals surface area (Å²) in [4.78, 5) is 22.5. The van der Waals surface area contributed by atoms with Crippen molar-refractivity contribution in [3.8, 4) is 0 Å². The molecule has 0 N–H and O–H groups in total. The van der Waals surface area contributed by atoms with E-state index in [9.17, 15) is 4.79 Å². The van der Waals surface area contributed by atoms with Crippen molar-refractivity contribution in [2.45, 2.75) is 39.2 Å². The van der Waals surface area contributed by atoms with Crippen molar-refractivity contribution in [3.05, 3.63) is 28.2 Å². The molecule has 4 nitrogen and oxygen atoms in total. The second-order valence-electron chi connectivity index (χ2n) is 7.02. The fourth-order valence-corrected chi connectivity index (χ4v) is 4.51. The van der Waals surface area contributed by atoms with Crippen LogP contribution in [0.25, 0.3) is 0 Å². The standard InChI is InChI=1S/C18H27N3OS/c1-14-17(23-13-19-14)12-20(2)10-16-7-8-21(11-16)18(22)9-15-5-3-4-6-15/h3,5,13,15-16H,4,6-12H2,1-2H3. The molecule has 3 rings (SSSR count). The van der Waals surface area contributed by atoms with Crippen LogP contribution >= 0.6 is 11.3 Å². The van der Waals surface area contributed by atoms with Crippen molar-refractivity contribution < 1.29 is 4.79 Å². The first kappa shape index (κ1) is 16.7. The van der Waals surface area contributed by atoms with Crippen molar-refractivity contribution >= 4 is 17.2 Å². The Morgan fingerprint density at radius 3 is 3.04 bits per heavy atom. The quantitative estimate of drug-likeness (QED) is 0.751. The average molecular weight is 334 g/mol. The first-order valence-electron chi connectivity index (χ1n) is 8.63. The number of hydrogen-bond donors (Lipinski definition) is 0. The van der Waals surface area contributed by atoms with E-state index in [1.54, 1.807) is 11.3 Å². The maximum atomic E-state index is 12.4. The Morgan fingerprint density at radius 2 is 2.35 bits per heavy atom. The predicted molar refractivity (Wildman–Crippen MR) is 94.4 cm³/mol. The lowest BCUT2D eigenvalue weighted by molar-refractivity contribution is -0.131. The number of aromatic nitrogens is 1. The van der Waals surface area contributed by atoms with Crippen LogP contribution < -0.4 is 0 Å². The van der Waals surface area contributed by atoms with Crippen LogP contribution in [-0.2, 0) is 11.3 Å². The number of rotatable bonds is 6. The van der Waals surface area contributed by atoms with E-state index in [0.29, 0.717) is 24.2 Å². The fourth-order valence-electron chi connectivity index (χ4n) is 3.66. The van der Waals surface area contributed by atoms with E-state index in [0.717, 1.165) is 51.1 Å². The Kier molecular flexibility index (Phi) is 5.49. The van der Waals surface area contributed by atoms with Gasteiger partial charge in [-0.1, -0.05) is 12.2 Å². The van der Waals surface area contributed by atoms with E-state index >= 15 is 0 Å². The molecule has 2 unspecified atom stereocenters. The highest BCUT2D eigenvalue weighted by atomic mass is 32.1. The first-order valence-corrected chi connectivity index (χ1v) is 9.51. The van der Waals surface area contributed by atoms with Crippen molar-refractivity contribution in [1.82, 2.24) is 14.8 Å². The molecule has 2 heterocycles. The number of nitrogens with zero attached hydrogens (tertiary/aromatic N) is 3. The van der Waals surface area contributed by atoms with Gasteiger partial charge in [0.1, 0.15) is 0 Å². The lowest BCUT2D eigenvalue weighted by atomic mass is 10.0. The maximum Gasteiger partial charge on any atom is 0.223 e. The van der Waals surface area contributed by atoms with Crippen LogP contribution in [0.5, 0.6) is 0 Å². The molecule has 0 radical (unpaired) electrons. The number of amides is 1. The lowest BCUT2D eigenvalue weighted by Crippen LogP contribution is -2.32. The summed E-state index contributed by atoms with van der Waals surface area (Å²) >= 11 is 1.74. The number of carbonyl (C=O) groups is 1. The summed E-state index contributed by atoms with van der Waals surface area (Å²) in [7, 11) is 2.17. The van der Waals surface area contributed by atoms with E-state index in [1.807, 2.05) is 5.51 Å². The van der Waals surface area contributed by atoms with Gasteiger partial charge < -0.3 is 9.80 Å². The molecular formula is C18H27N3OS. The molecule has 5 heteroatoms. The molecule has 1 aromatic heterocycles. The lowest BCUT2D eigenvalue weighted by Gasteiger charge is -2.22. The second-order valence-corrected chi connectivity index (χ2v) is 7.96. The van der Waals surface area contributed by atoms with Crippen LogP contribution in [-0.4, -0.2) is 47.4 Å². The van der Waals surface area contributed by atoms with Crippen molar-refractivity contribution in [2.75, 3.05) is 26.7 Å². The molecule has 0 saturated carbocycles. The number of carbonyl (C=O) groups excluding carboxylic acids is 1. The van der Waals surface area contributed by atoms with E-state index in [2.05, 4.69) is 40.9 Å². The average Bonchev–Trinajstić information content (AvgIpc) is 3.23. The zero-order valence-electron chi connectivity index (χ0n) is 14.2. The summed E-state index contributed by atoms with van der Waals surface area (Å²) in [5, 5.41) is 0. The summed E-state index contributed by atoms with van der Waals surface area (Å²) in [6.45, 7) is 5.97. The topological polar surface area (TPSA) is 36.4 Å². The van der Waals surface area contributed by atoms with Crippen molar-refractivity contribution in [1.29, 1.82) is 0 Å². The Labute approximate surface area is 143 Å². The summed E-state index contributed by atoms with van der Waals surface area (Å²) in [6, 6.07) is 0. The van der Waals surface area contributed by atoms with Gasteiger partial charge in [-0.15, -0.1) is 11.3 Å². The molecular weight excluding hydrogens is 306 g/mol. The Morgan fingerprint density at radius 1 is 1.48 bits per heavy atom. The van der Waals surface area contributed by atoms with Gasteiger partial charge in [-0.3, -0.25) is 4.79 Å². The van der Waals surface area contributed by atoms with E-state index < -0.39 is 0 Å². The van der Waals surface area contributed by atoms with Gasteiger partial charge in [-0.05, 0) is 45.1 Å². The smallest absolute Gasteiger partial charge is 0.223 e. The first-order chi connectivity index (χ1) is 11.1. The molecule has 0 spiro atoms. The minimum Gasteiger partial charge on any atom is -0.342 e. The molecule has 1 saturated heterocycles. The zero-order valence-corrected chi connectivity index (χ0v) is 15.0. The van der Waals surface area contributed by atoms with Gasteiger partial charge in [0.2, 0.25) is 5.91 Å². The molecule has 1 aliphatic carbocycles. The highest BCUT2D eigenvalue weighted by Crippen LogP contribution is 2.24. The number of likely N-dealkylation sites (tertiary alicyclic amines) is 1. The van der Waals surface area contributed by atoms with Gasteiger partial charge in [0.25, 0.3) is 0 Å². The van der Waals surface area contributed by atoms with Gasteiger partial charge in [-0.2, -0.15) is 0 Å². The number of hydrogen-bond acceptors (Lipinski definition) is 4. The van der Waals surface area contributed by atoms with Crippen molar-refractivity contribution in [2.24, 2.45) is 11.8 Å². The summed E-state index contributed by atoms with van der Waals surface area (Å²) in [5.41, 5.74) is 3.07. The normalized spacial score (nSPS) is 24.0. The Balaban J connectivity index is 1.43. The molecule has 0 aromatic carbocycles. The molecule has 2 aliphatic rings. The van der Waals surface area contributed by atoms with Crippen molar-refractivity contribution in [3.63, 3.8) is 0 Å². The van der Waals surface area contributed by atoms with Crippen LogP contribution in [0.1, 0.15) is 36.3 Å². The summed E-state index contributed by atoms with van der Waals surface area (Å²) in [5.74, 6) is 1.44. The van der Waals surface area contributed by atoms with Gasteiger partial charge in [0.05, 0.1) is 11.2 Å². The van der Waals surface area contributed by atoms with Gasteiger partial charge in [-0.25, -0.2) is 4.98 Å². The SMILES string of the molecule is Cc1ncsc1CN(C)CC1CCN(C(=O)CC2C=CCC2)C1. The highest BCUT2D eigenvalue weighted by molar-refractivity contribution is 7.09. The molecule has 2 atom stereocenters. The summed E-state index contributed by atoms with van der Waals surface area (Å²) < 4.78 is 0. The van der Waals surface area contributed by atoms with Gasteiger partial charge in [0, 0.05) is 37.5 Å². The molecule has 1 amide bonds. The molecule has 126 valence electrons. The molecule has 1 fully saturated rings. The van der Waals surface area contributed by atoms with E-state index in [4.69, 9.17) is 0 Å². The third-order valence-electron chi connectivity index (χ3n) is 5.02. The van der Waals surface area contributed by atoms with Crippen LogP contribution in [0.2, 0.25) is 0 Å². The Bertz CT molecular complexity index is 568. The predicted octanol–water partition coefficient (Wildman–Crippen LogP) is 3.09. The fraction of sp³-hybridized carbons (Fsp3) is 0.667. The Hall–Kier alpha value is -1.20. The maximum absolute atomic E-state index is 12.4. The third kappa shape index (κ3) is 4.42. The third-order valence-corrected chi connectivity index (χ3v) is 5.94. The molecule has 1 aromatic rings. The molecule has 23 heavy (non-hydrogen) atoms. The van der Waals surface area contributed by atoms with E-state index in [1.165, 1.54) is 4.88 Å². The zero-order chi connectivity index (χ0) is 16.2. The largest absolute Gasteiger partial charge is 0.342 e. The van der Waals surface area contributed by atoms with Gasteiger partial charge in [0.15, 0.2) is 0 Å². The second kappa shape index (κ2) is 7.58.